The molecule has 0 aromatic heterocycles. The van der Waals surface area contributed by atoms with Crippen LogP contribution in [-0.2, 0) is 10.2 Å². The standard InChI is InChI=1S/C16H24N2O4S/c1-12(13-8-9-15-16(10-13)22-11-21-15)17-23(19,20)18(2)14-6-4-3-5-7-14/h8-10,12,14,17H,3-7,11H2,1-2H3. The summed E-state index contributed by atoms with van der Waals surface area (Å²) < 4.78 is 40.1. The molecule has 1 aromatic carbocycles. The summed E-state index contributed by atoms with van der Waals surface area (Å²) in [5, 5.41) is 0. The number of fused-ring (bicyclic) bond motifs is 1. The number of hydrogen-bond acceptors (Lipinski definition) is 4. The Balaban J connectivity index is 1.69. The van der Waals surface area contributed by atoms with Crippen molar-refractivity contribution in [3.63, 3.8) is 0 Å². The van der Waals surface area contributed by atoms with Crippen LogP contribution in [0.1, 0.15) is 50.6 Å². The Morgan fingerprint density at radius 3 is 2.61 bits per heavy atom. The van der Waals surface area contributed by atoms with Crippen LogP contribution in [-0.4, -0.2) is 32.6 Å². The fourth-order valence-corrected chi connectivity index (χ4v) is 4.55. The van der Waals surface area contributed by atoms with Crippen LogP contribution in [0.2, 0.25) is 0 Å². The van der Waals surface area contributed by atoms with E-state index in [4.69, 9.17) is 9.47 Å². The summed E-state index contributed by atoms with van der Waals surface area (Å²) in [7, 11) is -1.84. The molecule has 0 amide bonds. The first kappa shape index (κ1) is 16.5. The Morgan fingerprint density at radius 1 is 1.17 bits per heavy atom. The van der Waals surface area contributed by atoms with E-state index in [0.717, 1.165) is 31.2 Å². The summed E-state index contributed by atoms with van der Waals surface area (Å²) in [4.78, 5) is 0. The average molecular weight is 340 g/mol. The number of rotatable bonds is 5. The molecule has 1 N–H and O–H groups in total. The highest BCUT2D eigenvalue weighted by atomic mass is 32.2. The van der Waals surface area contributed by atoms with Gasteiger partial charge in [-0.2, -0.15) is 17.4 Å². The van der Waals surface area contributed by atoms with E-state index in [9.17, 15) is 8.42 Å². The first-order valence-electron chi connectivity index (χ1n) is 8.12. The zero-order chi connectivity index (χ0) is 16.4. The van der Waals surface area contributed by atoms with Crippen molar-refractivity contribution in [2.24, 2.45) is 0 Å². The van der Waals surface area contributed by atoms with Crippen molar-refractivity contribution in [1.82, 2.24) is 9.03 Å². The highest BCUT2D eigenvalue weighted by Crippen LogP contribution is 2.34. The van der Waals surface area contributed by atoms with Gasteiger partial charge in [0.2, 0.25) is 6.79 Å². The van der Waals surface area contributed by atoms with Crippen molar-refractivity contribution in [3.8, 4) is 11.5 Å². The number of ether oxygens (including phenoxy) is 2. The lowest BCUT2D eigenvalue weighted by atomic mass is 9.96. The van der Waals surface area contributed by atoms with Gasteiger partial charge >= 0.3 is 0 Å². The summed E-state index contributed by atoms with van der Waals surface area (Å²) in [6.07, 6.45) is 5.28. The minimum atomic E-state index is -3.51. The molecule has 7 heteroatoms. The van der Waals surface area contributed by atoms with Crippen LogP contribution in [0.15, 0.2) is 18.2 Å². The second-order valence-electron chi connectivity index (χ2n) is 6.27. The molecule has 23 heavy (non-hydrogen) atoms. The normalized spacial score (nSPS) is 20.0. The van der Waals surface area contributed by atoms with Gasteiger partial charge < -0.3 is 9.47 Å². The smallest absolute Gasteiger partial charge is 0.279 e. The van der Waals surface area contributed by atoms with E-state index < -0.39 is 10.2 Å². The predicted molar refractivity (Wildman–Crippen MR) is 87.7 cm³/mol. The molecule has 1 atom stereocenters. The molecule has 1 aliphatic heterocycles. The van der Waals surface area contributed by atoms with Gasteiger partial charge in [-0.05, 0) is 37.5 Å². The minimum Gasteiger partial charge on any atom is -0.454 e. The third kappa shape index (κ3) is 3.62. The van der Waals surface area contributed by atoms with E-state index in [-0.39, 0.29) is 18.9 Å². The van der Waals surface area contributed by atoms with Crippen molar-refractivity contribution < 1.29 is 17.9 Å². The van der Waals surface area contributed by atoms with Crippen LogP contribution >= 0.6 is 0 Å². The first-order valence-corrected chi connectivity index (χ1v) is 9.56. The SMILES string of the molecule is CC(NS(=O)(=O)N(C)C1CCCCC1)c1ccc2c(c1)OCO2. The Morgan fingerprint density at radius 2 is 1.87 bits per heavy atom. The minimum absolute atomic E-state index is 0.102. The molecule has 128 valence electrons. The molecule has 1 fully saturated rings. The van der Waals surface area contributed by atoms with Crippen LogP contribution in [0.5, 0.6) is 11.5 Å². The number of nitrogens with one attached hydrogen (secondary N) is 1. The molecule has 0 saturated heterocycles. The second-order valence-corrected chi connectivity index (χ2v) is 8.03. The maximum Gasteiger partial charge on any atom is 0.279 e. The zero-order valence-corrected chi connectivity index (χ0v) is 14.4. The Bertz CT molecular complexity index is 656. The molecule has 0 radical (unpaired) electrons. The largest absolute Gasteiger partial charge is 0.454 e. The summed E-state index contributed by atoms with van der Waals surface area (Å²) in [6, 6.07) is 5.27. The molecule has 3 rings (SSSR count). The third-order valence-corrected chi connectivity index (χ3v) is 6.40. The van der Waals surface area contributed by atoms with E-state index in [0.29, 0.717) is 11.5 Å². The Labute approximate surface area is 138 Å². The average Bonchev–Trinajstić information content (AvgIpc) is 3.02. The van der Waals surface area contributed by atoms with Gasteiger partial charge in [-0.3, -0.25) is 0 Å². The van der Waals surface area contributed by atoms with E-state index >= 15 is 0 Å². The summed E-state index contributed by atoms with van der Waals surface area (Å²) in [5.41, 5.74) is 0.856. The first-order chi connectivity index (χ1) is 11.0. The lowest BCUT2D eigenvalue weighted by Gasteiger charge is -2.31. The molecular formula is C16H24N2O4S. The van der Waals surface area contributed by atoms with Gasteiger partial charge in [-0.15, -0.1) is 0 Å². The Hall–Kier alpha value is -1.31. The molecule has 2 aliphatic rings. The van der Waals surface area contributed by atoms with E-state index in [1.165, 1.54) is 10.7 Å². The lowest BCUT2D eigenvalue weighted by molar-refractivity contribution is 0.174. The highest BCUT2D eigenvalue weighted by Gasteiger charge is 2.29. The van der Waals surface area contributed by atoms with Crippen LogP contribution in [0.4, 0.5) is 0 Å². The molecule has 1 aromatic rings. The van der Waals surface area contributed by atoms with Gasteiger partial charge in [0.15, 0.2) is 11.5 Å². The van der Waals surface area contributed by atoms with Gasteiger partial charge in [0.05, 0.1) is 0 Å². The number of hydrogen-bond donors (Lipinski definition) is 1. The predicted octanol–water partition coefficient (Wildman–Crippen LogP) is 2.58. The molecule has 1 heterocycles. The quantitative estimate of drug-likeness (QED) is 0.894. The Kier molecular flexibility index (Phi) is 4.79. The fourth-order valence-electron chi connectivity index (χ4n) is 3.20. The summed E-state index contributed by atoms with van der Waals surface area (Å²) in [5.74, 6) is 1.36. The lowest BCUT2D eigenvalue weighted by Crippen LogP contribution is -2.45. The zero-order valence-electron chi connectivity index (χ0n) is 13.6. The van der Waals surface area contributed by atoms with Gasteiger partial charge in [0.1, 0.15) is 0 Å². The molecule has 1 aliphatic carbocycles. The molecule has 0 spiro atoms. The van der Waals surface area contributed by atoms with E-state index in [1.807, 2.05) is 25.1 Å². The van der Waals surface area contributed by atoms with Crippen molar-refractivity contribution in [1.29, 1.82) is 0 Å². The maximum absolute atomic E-state index is 12.6. The monoisotopic (exact) mass is 340 g/mol. The maximum atomic E-state index is 12.6. The van der Waals surface area contributed by atoms with Gasteiger partial charge in [-0.1, -0.05) is 25.3 Å². The van der Waals surface area contributed by atoms with Crippen molar-refractivity contribution in [2.75, 3.05) is 13.8 Å². The van der Waals surface area contributed by atoms with Crippen LogP contribution in [0, 0.1) is 0 Å². The van der Waals surface area contributed by atoms with E-state index in [1.54, 1.807) is 7.05 Å². The molecule has 1 saturated carbocycles. The van der Waals surface area contributed by atoms with Crippen molar-refractivity contribution >= 4 is 10.2 Å². The highest BCUT2D eigenvalue weighted by molar-refractivity contribution is 7.87. The van der Waals surface area contributed by atoms with Gasteiger partial charge in [-0.25, -0.2) is 0 Å². The van der Waals surface area contributed by atoms with Gasteiger partial charge in [0, 0.05) is 19.1 Å². The topological polar surface area (TPSA) is 67.9 Å². The van der Waals surface area contributed by atoms with Crippen molar-refractivity contribution in [2.45, 2.75) is 51.1 Å². The number of nitrogens with zero attached hydrogens (tertiary/aromatic N) is 1. The molecule has 0 bridgehead atoms. The van der Waals surface area contributed by atoms with Crippen LogP contribution < -0.4 is 14.2 Å². The molecule has 6 nitrogen and oxygen atoms in total. The third-order valence-electron chi connectivity index (χ3n) is 4.69. The summed E-state index contributed by atoms with van der Waals surface area (Å²) >= 11 is 0. The van der Waals surface area contributed by atoms with Crippen LogP contribution in [0.3, 0.4) is 0 Å². The molecular weight excluding hydrogens is 316 g/mol. The second kappa shape index (κ2) is 6.67. The number of benzene rings is 1. The van der Waals surface area contributed by atoms with Gasteiger partial charge in [0.25, 0.3) is 10.2 Å². The summed E-state index contributed by atoms with van der Waals surface area (Å²) in [6.45, 7) is 2.05. The van der Waals surface area contributed by atoms with Crippen molar-refractivity contribution in [3.05, 3.63) is 23.8 Å². The molecule has 1 unspecified atom stereocenters. The fraction of sp³-hybridized carbons (Fsp3) is 0.625. The van der Waals surface area contributed by atoms with E-state index in [2.05, 4.69) is 4.72 Å². The van der Waals surface area contributed by atoms with Crippen LogP contribution in [0.25, 0.3) is 0 Å².